The quantitative estimate of drug-likeness (QED) is 0.604. The Morgan fingerprint density at radius 3 is 2.30 bits per heavy atom. The van der Waals surface area contributed by atoms with Crippen molar-refractivity contribution in [3.63, 3.8) is 0 Å². The predicted molar refractivity (Wildman–Crippen MR) is 118 cm³/mol. The molecule has 3 aromatic rings. The summed E-state index contributed by atoms with van der Waals surface area (Å²) in [6.07, 6.45) is 7.20. The first kappa shape index (κ1) is 20.1. The largest absolute Gasteiger partial charge is 0.497 e. The average Bonchev–Trinajstić information content (AvgIpc) is 3.34. The zero-order valence-electron chi connectivity index (χ0n) is 17.6. The molecule has 0 bridgehead atoms. The summed E-state index contributed by atoms with van der Waals surface area (Å²) < 4.78 is 12.7. The van der Waals surface area contributed by atoms with Gasteiger partial charge >= 0.3 is 0 Å². The number of hydrogen-bond acceptors (Lipinski definition) is 3. The van der Waals surface area contributed by atoms with Gasteiger partial charge < -0.3 is 18.9 Å². The first-order valence-electron chi connectivity index (χ1n) is 10.4. The van der Waals surface area contributed by atoms with Gasteiger partial charge in [-0.1, -0.05) is 12.1 Å². The van der Waals surface area contributed by atoms with Crippen LogP contribution in [0.4, 0.5) is 0 Å². The van der Waals surface area contributed by atoms with E-state index in [9.17, 15) is 4.79 Å². The van der Waals surface area contributed by atoms with Crippen LogP contribution in [0.2, 0.25) is 0 Å². The van der Waals surface area contributed by atoms with Crippen molar-refractivity contribution in [2.24, 2.45) is 5.92 Å². The summed E-state index contributed by atoms with van der Waals surface area (Å²) in [6.45, 7) is 1.56. The third kappa shape index (κ3) is 4.35. The molecule has 2 heterocycles. The summed E-state index contributed by atoms with van der Waals surface area (Å²) in [6, 6.07) is 18.2. The summed E-state index contributed by atoms with van der Waals surface area (Å²) in [5.74, 6) is 1.88. The highest BCUT2D eigenvalue weighted by Gasteiger charge is 2.25. The van der Waals surface area contributed by atoms with Crippen molar-refractivity contribution in [3.8, 4) is 17.2 Å². The normalized spacial score (nSPS) is 14.5. The standard InChI is InChI=1S/C25H28N2O3/c1-29-22-9-10-23(24(18-22)30-2)25(28)27-15-11-20(12-16-27)17-19-5-7-21(8-6-19)26-13-3-4-14-26/h3-10,13-14,18,20H,11-12,15-17H2,1-2H3. The molecule has 0 saturated carbocycles. The van der Waals surface area contributed by atoms with E-state index in [0.717, 1.165) is 32.4 Å². The molecule has 156 valence electrons. The molecule has 30 heavy (non-hydrogen) atoms. The molecular weight excluding hydrogens is 376 g/mol. The number of piperidine rings is 1. The minimum atomic E-state index is 0.0315. The molecule has 0 aliphatic carbocycles. The van der Waals surface area contributed by atoms with Crippen molar-refractivity contribution in [2.75, 3.05) is 27.3 Å². The smallest absolute Gasteiger partial charge is 0.257 e. The molecule has 4 rings (SSSR count). The number of amides is 1. The third-order valence-electron chi connectivity index (χ3n) is 5.90. The number of carbonyl (C=O) groups is 1. The molecular formula is C25H28N2O3. The number of likely N-dealkylation sites (tertiary alicyclic amines) is 1. The van der Waals surface area contributed by atoms with Crippen LogP contribution in [0, 0.1) is 5.92 Å². The fourth-order valence-corrected chi connectivity index (χ4v) is 4.13. The van der Waals surface area contributed by atoms with Crippen molar-refractivity contribution in [3.05, 3.63) is 78.1 Å². The Morgan fingerprint density at radius 1 is 0.967 bits per heavy atom. The summed E-state index contributed by atoms with van der Waals surface area (Å²) in [7, 11) is 3.19. The van der Waals surface area contributed by atoms with Gasteiger partial charge in [0.15, 0.2) is 0 Å². The Morgan fingerprint density at radius 2 is 1.67 bits per heavy atom. The lowest BCUT2D eigenvalue weighted by atomic mass is 9.90. The fraction of sp³-hybridized carbons (Fsp3) is 0.320. The molecule has 1 saturated heterocycles. The third-order valence-corrected chi connectivity index (χ3v) is 5.90. The Kier molecular flexibility index (Phi) is 6.07. The van der Waals surface area contributed by atoms with E-state index in [2.05, 4.69) is 41.2 Å². The first-order valence-corrected chi connectivity index (χ1v) is 10.4. The van der Waals surface area contributed by atoms with E-state index in [1.54, 1.807) is 32.4 Å². The van der Waals surface area contributed by atoms with Gasteiger partial charge in [-0.05, 0) is 67.1 Å². The summed E-state index contributed by atoms with van der Waals surface area (Å²) in [5.41, 5.74) is 3.13. The Labute approximate surface area is 177 Å². The topological polar surface area (TPSA) is 43.7 Å². The van der Waals surface area contributed by atoms with Gasteiger partial charge in [-0.15, -0.1) is 0 Å². The van der Waals surface area contributed by atoms with E-state index in [1.807, 2.05) is 17.0 Å². The van der Waals surface area contributed by atoms with Gasteiger partial charge in [0.2, 0.25) is 0 Å². The maximum absolute atomic E-state index is 13.0. The van der Waals surface area contributed by atoms with Crippen LogP contribution in [-0.4, -0.2) is 42.7 Å². The van der Waals surface area contributed by atoms with E-state index in [0.29, 0.717) is 23.0 Å². The molecule has 1 fully saturated rings. The number of carbonyl (C=O) groups excluding carboxylic acids is 1. The minimum absolute atomic E-state index is 0.0315. The van der Waals surface area contributed by atoms with E-state index in [4.69, 9.17) is 9.47 Å². The number of benzene rings is 2. The van der Waals surface area contributed by atoms with Crippen LogP contribution in [0.1, 0.15) is 28.8 Å². The highest BCUT2D eigenvalue weighted by Crippen LogP contribution is 2.28. The van der Waals surface area contributed by atoms with E-state index in [1.165, 1.54) is 11.3 Å². The second-order valence-corrected chi connectivity index (χ2v) is 7.76. The number of aromatic nitrogens is 1. The Bertz CT molecular complexity index is 972. The van der Waals surface area contributed by atoms with Crippen molar-refractivity contribution < 1.29 is 14.3 Å². The van der Waals surface area contributed by atoms with Gasteiger partial charge in [-0.25, -0.2) is 0 Å². The molecule has 1 amide bonds. The number of nitrogens with zero attached hydrogens (tertiary/aromatic N) is 2. The molecule has 0 N–H and O–H groups in total. The lowest BCUT2D eigenvalue weighted by Gasteiger charge is -2.32. The maximum Gasteiger partial charge on any atom is 0.257 e. The average molecular weight is 405 g/mol. The van der Waals surface area contributed by atoms with Crippen LogP contribution in [-0.2, 0) is 6.42 Å². The van der Waals surface area contributed by atoms with Gasteiger partial charge in [-0.2, -0.15) is 0 Å². The molecule has 1 aliphatic rings. The molecule has 1 aromatic heterocycles. The number of rotatable bonds is 6. The first-order chi connectivity index (χ1) is 14.7. The molecule has 0 spiro atoms. The van der Waals surface area contributed by atoms with Gasteiger partial charge in [0, 0.05) is 37.2 Å². The lowest BCUT2D eigenvalue weighted by molar-refractivity contribution is 0.0687. The number of hydrogen-bond donors (Lipinski definition) is 0. The minimum Gasteiger partial charge on any atom is -0.497 e. The second kappa shape index (κ2) is 9.08. The SMILES string of the molecule is COc1ccc(C(=O)N2CCC(Cc3ccc(-n4cccc4)cc3)CC2)c(OC)c1. The van der Waals surface area contributed by atoms with Crippen molar-refractivity contribution >= 4 is 5.91 Å². The van der Waals surface area contributed by atoms with Crippen molar-refractivity contribution in [1.82, 2.24) is 9.47 Å². The van der Waals surface area contributed by atoms with Crippen LogP contribution in [0.25, 0.3) is 5.69 Å². The molecule has 0 unspecified atom stereocenters. The van der Waals surface area contributed by atoms with Crippen LogP contribution in [0.3, 0.4) is 0 Å². The van der Waals surface area contributed by atoms with Crippen molar-refractivity contribution in [2.45, 2.75) is 19.3 Å². The second-order valence-electron chi connectivity index (χ2n) is 7.76. The predicted octanol–water partition coefficient (Wildman–Crippen LogP) is 4.59. The summed E-state index contributed by atoms with van der Waals surface area (Å²) in [5, 5.41) is 0. The molecule has 1 aliphatic heterocycles. The zero-order chi connectivity index (χ0) is 20.9. The Balaban J connectivity index is 1.34. The molecule has 5 heteroatoms. The van der Waals surface area contributed by atoms with Gasteiger partial charge in [0.05, 0.1) is 19.8 Å². The lowest BCUT2D eigenvalue weighted by Crippen LogP contribution is -2.39. The van der Waals surface area contributed by atoms with E-state index >= 15 is 0 Å². The molecule has 2 aromatic carbocycles. The van der Waals surface area contributed by atoms with Crippen LogP contribution < -0.4 is 9.47 Å². The molecule has 0 atom stereocenters. The number of ether oxygens (including phenoxy) is 2. The van der Waals surface area contributed by atoms with E-state index in [-0.39, 0.29) is 5.91 Å². The van der Waals surface area contributed by atoms with Gasteiger partial charge in [0.25, 0.3) is 5.91 Å². The van der Waals surface area contributed by atoms with Crippen LogP contribution >= 0.6 is 0 Å². The highest BCUT2D eigenvalue weighted by atomic mass is 16.5. The van der Waals surface area contributed by atoms with E-state index < -0.39 is 0 Å². The summed E-state index contributed by atoms with van der Waals surface area (Å²) >= 11 is 0. The highest BCUT2D eigenvalue weighted by molar-refractivity contribution is 5.97. The molecule has 5 nitrogen and oxygen atoms in total. The van der Waals surface area contributed by atoms with Crippen molar-refractivity contribution in [1.29, 1.82) is 0 Å². The summed E-state index contributed by atoms with van der Waals surface area (Å²) in [4.78, 5) is 14.9. The fourth-order valence-electron chi connectivity index (χ4n) is 4.13. The molecule has 0 radical (unpaired) electrons. The van der Waals surface area contributed by atoms with Crippen LogP contribution in [0.5, 0.6) is 11.5 Å². The number of methoxy groups -OCH3 is 2. The van der Waals surface area contributed by atoms with Gasteiger partial charge in [0.1, 0.15) is 11.5 Å². The maximum atomic E-state index is 13.0. The van der Waals surface area contributed by atoms with Gasteiger partial charge in [-0.3, -0.25) is 4.79 Å². The monoisotopic (exact) mass is 404 g/mol. The Hall–Kier alpha value is -3.21. The zero-order valence-corrected chi connectivity index (χ0v) is 17.6. The van der Waals surface area contributed by atoms with Crippen LogP contribution in [0.15, 0.2) is 67.0 Å².